The fraction of sp³-hybridized carbons (Fsp3) is 0.294. The molecule has 1 N–H and O–H groups in total. The highest BCUT2D eigenvalue weighted by molar-refractivity contribution is 9.10. The summed E-state index contributed by atoms with van der Waals surface area (Å²) in [7, 11) is 1.67. The van der Waals surface area contributed by atoms with Crippen LogP contribution in [0.4, 0.5) is 0 Å². The Morgan fingerprint density at radius 2 is 1.81 bits per heavy atom. The maximum atomic E-state index is 6.25. The normalized spacial score (nSPS) is 13.8. The second-order valence-corrected chi connectivity index (χ2v) is 6.29. The van der Waals surface area contributed by atoms with Gasteiger partial charge in [-0.25, -0.2) is 0 Å². The Kier molecular flexibility index (Phi) is 5.68. The molecular weight excluding hydrogens is 350 g/mol. The molecule has 2 aromatic rings. The molecule has 2 nitrogen and oxygen atoms in total. The molecule has 112 valence electrons. The van der Waals surface area contributed by atoms with E-state index >= 15 is 0 Å². The monoisotopic (exact) mass is 367 g/mol. The number of hydrogen-bond acceptors (Lipinski definition) is 2. The van der Waals surface area contributed by atoms with E-state index in [-0.39, 0.29) is 12.1 Å². The second-order valence-electron chi connectivity index (χ2n) is 5.03. The molecule has 2 rings (SSSR count). The summed E-state index contributed by atoms with van der Waals surface area (Å²) in [6.45, 7) is 4.26. The Morgan fingerprint density at radius 3 is 2.43 bits per heavy atom. The van der Waals surface area contributed by atoms with Gasteiger partial charge in [-0.15, -0.1) is 0 Å². The van der Waals surface area contributed by atoms with E-state index in [1.807, 2.05) is 24.3 Å². The highest BCUT2D eigenvalue weighted by Crippen LogP contribution is 2.30. The molecule has 0 saturated heterocycles. The molecule has 0 amide bonds. The van der Waals surface area contributed by atoms with E-state index in [2.05, 4.69) is 53.3 Å². The van der Waals surface area contributed by atoms with E-state index in [0.29, 0.717) is 0 Å². The van der Waals surface area contributed by atoms with Crippen LogP contribution in [-0.2, 0) is 0 Å². The van der Waals surface area contributed by atoms with Crippen molar-refractivity contribution in [1.82, 2.24) is 5.32 Å². The number of hydrogen-bond donors (Lipinski definition) is 1. The number of ether oxygens (including phenoxy) is 1. The van der Waals surface area contributed by atoms with Crippen LogP contribution in [0.15, 0.2) is 46.9 Å². The van der Waals surface area contributed by atoms with Gasteiger partial charge in [0.25, 0.3) is 0 Å². The van der Waals surface area contributed by atoms with Gasteiger partial charge in [-0.05, 0) is 59.1 Å². The Labute approximate surface area is 139 Å². The number of methoxy groups -OCH3 is 1. The van der Waals surface area contributed by atoms with Crippen LogP contribution in [0.3, 0.4) is 0 Å². The third-order valence-corrected chi connectivity index (χ3v) is 4.51. The third kappa shape index (κ3) is 4.00. The molecule has 0 aliphatic heterocycles. The van der Waals surface area contributed by atoms with E-state index in [4.69, 9.17) is 16.3 Å². The summed E-state index contributed by atoms with van der Waals surface area (Å²) in [6.07, 6.45) is 0. The Balaban J connectivity index is 2.12. The molecule has 0 saturated carbocycles. The molecule has 0 heterocycles. The topological polar surface area (TPSA) is 21.3 Å². The van der Waals surface area contributed by atoms with Crippen LogP contribution in [0, 0.1) is 0 Å². The number of rotatable bonds is 5. The van der Waals surface area contributed by atoms with Gasteiger partial charge in [-0.2, -0.15) is 0 Å². The van der Waals surface area contributed by atoms with E-state index < -0.39 is 0 Å². The molecule has 4 heteroatoms. The van der Waals surface area contributed by atoms with E-state index in [0.717, 1.165) is 20.8 Å². The summed E-state index contributed by atoms with van der Waals surface area (Å²) < 4.78 is 6.22. The summed E-state index contributed by atoms with van der Waals surface area (Å²) in [6, 6.07) is 14.4. The molecule has 21 heavy (non-hydrogen) atoms. The number of nitrogens with one attached hydrogen (secondary N) is 1. The first-order chi connectivity index (χ1) is 10.0. The van der Waals surface area contributed by atoms with Crippen molar-refractivity contribution < 1.29 is 4.74 Å². The van der Waals surface area contributed by atoms with Gasteiger partial charge in [-0.1, -0.05) is 35.9 Å². The van der Waals surface area contributed by atoms with Crippen molar-refractivity contribution in [2.45, 2.75) is 25.9 Å². The highest BCUT2D eigenvalue weighted by Gasteiger charge is 2.14. The molecule has 1 unspecified atom stereocenters. The largest absolute Gasteiger partial charge is 0.496 e. The Morgan fingerprint density at radius 1 is 1.10 bits per heavy atom. The maximum absolute atomic E-state index is 6.25. The van der Waals surface area contributed by atoms with Gasteiger partial charge < -0.3 is 10.1 Å². The zero-order valence-electron chi connectivity index (χ0n) is 12.4. The van der Waals surface area contributed by atoms with Crippen molar-refractivity contribution in [3.05, 3.63) is 63.1 Å². The second kappa shape index (κ2) is 7.30. The molecule has 0 aliphatic rings. The van der Waals surface area contributed by atoms with Crippen LogP contribution in [-0.4, -0.2) is 7.11 Å². The van der Waals surface area contributed by atoms with Crippen LogP contribution in [0.5, 0.6) is 5.75 Å². The summed E-state index contributed by atoms with van der Waals surface area (Å²) >= 11 is 9.77. The lowest BCUT2D eigenvalue weighted by Crippen LogP contribution is -2.22. The molecule has 0 fully saturated rings. The average molecular weight is 369 g/mol. The first-order valence-electron chi connectivity index (χ1n) is 6.87. The van der Waals surface area contributed by atoms with E-state index in [1.165, 1.54) is 5.56 Å². The minimum absolute atomic E-state index is 0.176. The van der Waals surface area contributed by atoms with Gasteiger partial charge in [0.1, 0.15) is 5.75 Å². The first kappa shape index (κ1) is 16.3. The van der Waals surface area contributed by atoms with Crippen molar-refractivity contribution in [2.24, 2.45) is 0 Å². The van der Waals surface area contributed by atoms with Crippen molar-refractivity contribution in [3.8, 4) is 5.75 Å². The van der Waals surface area contributed by atoms with Gasteiger partial charge >= 0.3 is 0 Å². The van der Waals surface area contributed by atoms with E-state index in [1.54, 1.807) is 7.11 Å². The molecule has 0 aromatic heterocycles. The van der Waals surface area contributed by atoms with Gasteiger partial charge in [0.2, 0.25) is 0 Å². The molecule has 0 radical (unpaired) electrons. The zero-order chi connectivity index (χ0) is 15.4. The van der Waals surface area contributed by atoms with Gasteiger partial charge in [0.05, 0.1) is 11.6 Å². The predicted octanol–water partition coefficient (Wildman–Crippen LogP) is 5.52. The fourth-order valence-electron chi connectivity index (χ4n) is 2.34. The molecule has 0 aliphatic carbocycles. The summed E-state index contributed by atoms with van der Waals surface area (Å²) in [5.41, 5.74) is 2.31. The SMILES string of the molecule is COc1ccc(C(C)N[C@@H](C)c2ccccc2Cl)cc1Br. The molecule has 2 aromatic carbocycles. The molecular formula is C17H19BrClNO. The maximum Gasteiger partial charge on any atom is 0.133 e. The van der Waals surface area contributed by atoms with Gasteiger partial charge in [0.15, 0.2) is 0 Å². The lowest BCUT2D eigenvalue weighted by atomic mass is 10.0. The summed E-state index contributed by atoms with van der Waals surface area (Å²) in [4.78, 5) is 0. The Bertz CT molecular complexity index is 617. The molecule has 2 atom stereocenters. The van der Waals surface area contributed by atoms with Crippen LogP contribution < -0.4 is 10.1 Å². The van der Waals surface area contributed by atoms with Crippen molar-refractivity contribution in [2.75, 3.05) is 7.11 Å². The van der Waals surface area contributed by atoms with Crippen LogP contribution in [0.25, 0.3) is 0 Å². The predicted molar refractivity (Wildman–Crippen MR) is 92.1 cm³/mol. The fourth-order valence-corrected chi connectivity index (χ4v) is 3.20. The van der Waals surface area contributed by atoms with Crippen molar-refractivity contribution in [3.63, 3.8) is 0 Å². The average Bonchev–Trinajstić information content (AvgIpc) is 2.47. The van der Waals surface area contributed by atoms with Crippen LogP contribution in [0.2, 0.25) is 5.02 Å². The van der Waals surface area contributed by atoms with Crippen molar-refractivity contribution >= 4 is 27.5 Å². The molecule has 0 spiro atoms. The highest BCUT2D eigenvalue weighted by atomic mass is 79.9. The minimum atomic E-state index is 0.176. The summed E-state index contributed by atoms with van der Waals surface area (Å²) in [5.74, 6) is 0.838. The lowest BCUT2D eigenvalue weighted by molar-refractivity contribution is 0.411. The van der Waals surface area contributed by atoms with Gasteiger partial charge in [0, 0.05) is 17.1 Å². The van der Waals surface area contributed by atoms with Gasteiger partial charge in [-0.3, -0.25) is 0 Å². The summed E-state index contributed by atoms with van der Waals surface area (Å²) in [5, 5.41) is 4.36. The number of halogens is 2. The van der Waals surface area contributed by atoms with Crippen LogP contribution in [0.1, 0.15) is 37.1 Å². The minimum Gasteiger partial charge on any atom is -0.496 e. The smallest absolute Gasteiger partial charge is 0.133 e. The first-order valence-corrected chi connectivity index (χ1v) is 8.04. The van der Waals surface area contributed by atoms with Crippen molar-refractivity contribution in [1.29, 1.82) is 0 Å². The molecule has 0 bridgehead atoms. The third-order valence-electron chi connectivity index (χ3n) is 3.55. The Hall–Kier alpha value is -1.03. The standard InChI is InChI=1S/C17H19BrClNO/c1-11(13-8-9-17(21-3)15(18)10-13)20-12(2)14-6-4-5-7-16(14)19/h4-12,20H,1-3H3/t11?,12-/m0/s1. The van der Waals surface area contributed by atoms with Crippen LogP contribution >= 0.6 is 27.5 Å². The number of benzene rings is 2. The zero-order valence-corrected chi connectivity index (χ0v) is 14.7. The van der Waals surface area contributed by atoms with E-state index in [9.17, 15) is 0 Å². The quantitative estimate of drug-likeness (QED) is 0.750. The lowest BCUT2D eigenvalue weighted by Gasteiger charge is -2.22.